The standard InChI is InChI=1S/C15H14NOS.C6H13.C2H6O2.U/c1-12(15-9-11-18-16-15)8-10-17-13(2)14-6-4-3-5-7-14;1-3-5-6-4-2;1-3-4-2;/h3-7,11H,1-2,8,10H2;1,3-6H2,2H3;1-2H3;/q2*-1;;+2/p+1. The molecule has 2 aromatic rings. The Morgan fingerprint density at radius 3 is 2.34 bits per heavy atom. The first kappa shape index (κ1) is 30.3. The van der Waals surface area contributed by atoms with Crippen molar-refractivity contribution in [2.75, 3.05) is 20.8 Å². The summed E-state index contributed by atoms with van der Waals surface area (Å²) in [7, 11) is 3.10. The number of unbranched alkanes of at least 4 members (excludes halogenated alkanes) is 3. The number of aromatic nitrogens is 1. The van der Waals surface area contributed by atoms with Crippen molar-refractivity contribution in [3.63, 3.8) is 0 Å². The molecule has 0 unspecified atom stereocenters. The SMILES string of the molecule is C=C(OCCC(=C)c1[c-]csn1)c1ccccc1.CO[OH+]C.[CH2-]CCCCC.[U+2]. The van der Waals surface area contributed by atoms with E-state index in [9.17, 15) is 0 Å². The van der Waals surface area contributed by atoms with Crippen molar-refractivity contribution in [3.8, 4) is 0 Å². The van der Waals surface area contributed by atoms with E-state index in [2.05, 4.69) is 47.2 Å². The summed E-state index contributed by atoms with van der Waals surface area (Å²) in [4.78, 5) is 7.40. The van der Waals surface area contributed by atoms with Crippen LogP contribution in [0.2, 0.25) is 0 Å². The molecule has 158 valence electrons. The van der Waals surface area contributed by atoms with Crippen LogP contribution < -0.4 is 0 Å². The summed E-state index contributed by atoms with van der Waals surface area (Å²) in [6.45, 7) is 14.4. The van der Waals surface area contributed by atoms with Crippen LogP contribution in [0, 0.1) is 44.1 Å². The van der Waals surface area contributed by atoms with Gasteiger partial charge in [0.1, 0.15) is 12.9 Å². The number of benzene rings is 1. The summed E-state index contributed by atoms with van der Waals surface area (Å²) < 4.78 is 9.78. The average Bonchev–Trinajstić information content (AvgIpc) is 3.28. The van der Waals surface area contributed by atoms with Crippen molar-refractivity contribution < 1.29 is 45.6 Å². The molecular weight excluding hydrogens is 608 g/mol. The van der Waals surface area contributed by atoms with Crippen LogP contribution in [0.1, 0.15) is 50.3 Å². The van der Waals surface area contributed by atoms with Gasteiger partial charge in [-0.1, -0.05) is 92.1 Å². The summed E-state index contributed by atoms with van der Waals surface area (Å²) in [6, 6.07) is 12.9. The molecule has 4 nitrogen and oxygen atoms in total. The third-order valence-corrected chi connectivity index (χ3v) is 4.05. The van der Waals surface area contributed by atoms with Gasteiger partial charge in [0.25, 0.3) is 0 Å². The van der Waals surface area contributed by atoms with Crippen LogP contribution in [0.3, 0.4) is 0 Å². The Labute approximate surface area is 204 Å². The summed E-state index contributed by atoms with van der Waals surface area (Å²) in [5.41, 5.74) is 2.77. The van der Waals surface area contributed by atoms with Gasteiger partial charge in [-0.2, -0.15) is 18.6 Å². The Morgan fingerprint density at radius 1 is 1.24 bits per heavy atom. The van der Waals surface area contributed by atoms with Crippen LogP contribution in [-0.4, -0.2) is 30.1 Å². The van der Waals surface area contributed by atoms with Crippen LogP contribution in [0.15, 0.2) is 48.9 Å². The molecule has 0 amide bonds. The quantitative estimate of drug-likeness (QED) is 0.0782. The number of rotatable bonds is 10. The molecule has 0 atom stereocenters. The number of hydrogen-bond donors (Lipinski definition) is 0. The maximum atomic E-state index is 5.60. The van der Waals surface area contributed by atoms with E-state index < -0.39 is 0 Å². The summed E-state index contributed by atoms with van der Waals surface area (Å²) in [5, 5.41) is 1.82. The summed E-state index contributed by atoms with van der Waals surface area (Å²) >= 11 is 1.38. The predicted molar refractivity (Wildman–Crippen MR) is 121 cm³/mol. The van der Waals surface area contributed by atoms with E-state index in [0.29, 0.717) is 12.4 Å². The van der Waals surface area contributed by atoms with Gasteiger partial charge in [-0.3, -0.25) is 4.89 Å². The zero-order valence-corrected chi connectivity index (χ0v) is 22.9. The van der Waals surface area contributed by atoms with Gasteiger partial charge in [0, 0.05) is 5.56 Å². The molecule has 1 N–H and O–H groups in total. The van der Waals surface area contributed by atoms with Crippen LogP contribution in [0.4, 0.5) is 0 Å². The average molecular weight is 643 g/mol. The Kier molecular flexibility index (Phi) is 22.8. The maximum Gasteiger partial charge on any atom is 2.00 e. The van der Waals surface area contributed by atoms with Crippen LogP contribution in [0.25, 0.3) is 11.3 Å². The van der Waals surface area contributed by atoms with Gasteiger partial charge in [-0.15, -0.1) is 4.89 Å². The molecule has 0 saturated carbocycles. The van der Waals surface area contributed by atoms with Crippen molar-refractivity contribution >= 4 is 22.9 Å². The molecule has 29 heavy (non-hydrogen) atoms. The van der Waals surface area contributed by atoms with Crippen molar-refractivity contribution in [1.82, 2.24) is 4.37 Å². The van der Waals surface area contributed by atoms with Crippen molar-refractivity contribution in [1.29, 1.82) is 0 Å². The smallest absolute Gasteiger partial charge is 0.495 e. The predicted octanol–water partition coefficient (Wildman–Crippen LogP) is 6.14. The molecule has 6 heteroatoms. The number of nitrogens with zero attached hydrogens (tertiary/aromatic N) is 1. The normalized spacial score (nSPS) is 9.10. The molecule has 0 fully saturated rings. The fourth-order valence-electron chi connectivity index (χ4n) is 1.90. The Morgan fingerprint density at radius 2 is 1.90 bits per heavy atom. The van der Waals surface area contributed by atoms with Crippen LogP contribution >= 0.6 is 11.5 Å². The molecule has 0 aliphatic carbocycles. The van der Waals surface area contributed by atoms with Gasteiger partial charge in [0.05, 0.1) is 6.61 Å². The van der Waals surface area contributed by atoms with Crippen molar-refractivity contribution in [2.45, 2.75) is 39.0 Å². The van der Waals surface area contributed by atoms with Crippen LogP contribution in [-0.2, 0) is 9.62 Å². The van der Waals surface area contributed by atoms with Gasteiger partial charge in [-0.05, 0) is 0 Å². The second kappa shape index (κ2) is 21.8. The minimum absolute atomic E-state index is 0. The first-order chi connectivity index (χ1) is 13.6. The molecule has 0 aliphatic rings. The molecule has 0 radical (unpaired) electrons. The second-order valence-electron chi connectivity index (χ2n) is 5.72. The van der Waals surface area contributed by atoms with Gasteiger partial charge in [-0.25, -0.2) is 10.4 Å². The van der Waals surface area contributed by atoms with Crippen molar-refractivity contribution in [3.05, 3.63) is 73.1 Å². The van der Waals surface area contributed by atoms with E-state index in [1.807, 2.05) is 35.7 Å². The number of ether oxygens (including phenoxy) is 1. The van der Waals surface area contributed by atoms with Gasteiger partial charge >= 0.3 is 31.1 Å². The molecule has 0 spiro atoms. The van der Waals surface area contributed by atoms with E-state index in [-0.39, 0.29) is 31.1 Å². The third kappa shape index (κ3) is 16.6. The fourth-order valence-corrected chi connectivity index (χ4v) is 2.41. The van der Waals surface area contributed by atoms with Gasteiger partial charge in [0.15, 0.2) is 7.11 Å². The minimum atomic E-state index is 0. The first-order valence-electron chi connectivity index (χ1n) is 9.39. The van der Waals surface area contributed by atoms with E-state index in [1.54, 1.807) is 7.11 Å². The van der Waals surface area contributed by atoms with Crippen LogP contribution in [0.5, 0.6) is 0 Å². The monoisotopic (exact) mass is 642 g/mol. The Balaban J connectivity index is 0. The molecular formula is C23H34NO3SU+. The Bertz CT molecular complexity index is 612. The van der Waals surface area contributed by atoms with Gasteiger partial charge < -0.3 is 11.7 Å². The van der Waals surface area contributed by atoms with E-state index in [0.717, 1.165) is 29.7 Å². The maximum absolute atomic E-state index is 5.60. The number of aliphatic hydroxyl groups is 1. The van der Waals surface area contributed by atoms with E-state index in [1.165, 1.54) is 37.9 Å². The van der Waals surface area contributed by atoms with Crippen molar-refractivity contribution in [2.24, 2.45) is 0 Å². The molecule has 0 aliphatic heterocycles. The minimum Gasteiger partial charge on any atom is -0.495 e. The molecule has 1 aromatic carbocycles. The third-order valence-electron chi connectivity index (χ3n) is 3.54. The number of hydrogen-bond acceptors (Lipinski definition) is 4. The molecule has 2 rings (SSSR count). The zero-order valence-electron chi connectivity index (χ0n) is 17.9. The summed E-state index contributed by atoms with van der Waals surface area (Å²) in [5.74, 6) is 0.686. The second-order valence-corrected chi connectivity index (χ2v) is 6.35. The molecule has 1 aromatic heterocycles. The summed E-state index contributed by atoms with van der Waals surface area (Å²) in [6.07, 6.45) is 5.80. The van der Waals surface area contributed by atoms with E-state index in [4.69, 9.17) is 4.74 Å². The largest absolute Gasteiger partial charge is 2.00 e. The molecule has 0 saturated heterocycles. The first-order valence-corrected chi connectivity index (χ1v) is 10.2. The zero-order chi connectivity index (χ0) is 21.0. The topological polar surface area (TPSA) is 44.2 Å². The molecule has 1 heterocycles. The Hall–Kier alpha value is -0.898. The van der Waals surface area contributed by atoms with Gasteiger partial charge in [0.2, 0.25) is 0 Å². The molecule has 0 bridgehead atoms. The van der Waals surface area contributed by atoms with E-state index >= 15 is 0 Å². The fraction of sp³-hybridized carbons (Fsp3) is 0.391.